The van der Waals surface area contributed by atoms with E-state index in [1.165, 1.54) is 6.07 Å². The van der Waals surface area contributed by atoms with Crippen molar-refractivity contribution in [3.63, 3.8) is 0 Å². The third-order valence-electron chi connectivity index (χ3n) is 4.74. The number of nitrogens with one attached hydrogen (secondary N) is 1. The smallest absolute Gasteiger partial charge is 0.425 e. The van der Waals surface area contributed by atoms with E-state index in [-0.39, 0.29) is 23.2 Å². The van der Waals surface area contributed by atoms with Crippen molar-refractivity contribution in [3.8, 4) is 5.75 Å². The topological polar surface area (TPSA) is 63.8 Å². The molecule has 0 saturated carbocycles. The van der Waals surface area contributed by atoms with Gasteiger partial charge in [-0.1, -0.05) is 24.9 Å². The zero-order valence-electron chi connectivity index (χ0n) is 15.5. The van der Waals surface area contributed by atoms with Gasteiger partial charge in [0.1, 0.15) is 6.61 Å². The minimum atomic E-state index is -4.61. The Morgan fingerprint density at radius 1 is 1.33 bits per heavy atom. The van der Waals surface area contributed by atoms with Crippen molar-refractivity contribution in [1.82, 2.24) is 9.71 Å². The molecule has 3 heterocycles. The van der Waals surface area contributed by atoms with Crippen LogP contribution < -0.4 is 9.46 Å². The first-order valence-corrected chi connectivity index (χ1v) is 10.1. The Kier molecular flexibility index (Phi) is 5.07. The molecular weight excluding hydrogens is 405 g/mol. The molecule has 0 amide bonds. The average Bonchev–Trinajstić information content (AvgIpc) is 3.27. The molecule has 0 radical (unpaired) electrons. The van der Waals surface area contributed by atoms with Gasteiger partial charge in [-0.2, -0.15) is 13.2 Å². The molecule has 3 unspecified atom stereocenters. The average molecular weight is 427 g/mol. The number of alkyl halides is 3. The van der Waals surface area contributed by atoms with E-state index in [0.29, 0.717) is 18.4 Å². The number of rotatable bonds is 5. The molecule has 27 heavy (non-hydrogen) atoms. The van der Waals surface area contributed by atoms with Crippen LogP contribution >= 0.6 is 11.6 Å². The highest BCUT2D eigenvalue weighted by Crippen LogP contribution is 2.54. The van der Waals surface area contributed by atoms with E-state index in [0.717, 1.165) is 0 Å². The number of hydrogen-bond acceptors (Lipinski definition) is 4. The Balaban J connectivity index is 2.09. The van der Waals surface area contributed by atoms with E-state index in [1.54, 1.807) is 0 Å². The van der Waals surface area contributed by atoms with Crippen LogP contribution in [0.2, 0.25) is 5.15 Å². The molecule has 1 aromatic rings. The van der Waals surface area contributed by atoms with E-state index in [2.05, 4.69) is 9.71 Å². The van der Waals surface area contributed by atoms with Crippen molar-refractivity contribution in [2.45, 2.75) is 62.6 Å². The van der Waals surface area contributed by atoms with E-state index in [4.69, 9.17) is 21.1 Å². The number of nitrogens with zero attached hydrogens (tertiary/aromatic N) is 1. The summed E-state index contributed by atoms with van der Waals surface area (Å²) in [5.74, 6) is 0.227. The van der Waals surface area contributed by atoms with Crippen LogP contribution in [0.1, 0.15) is 51.8 Å². The van der Waals surface area contributed by atoms with E-state index < -0.39 is 39.7 Å². The molecule has 0 aliphatic carbocycles. The number of hydrogen-bond donors (Lipinski definition) is 1. The summed E-state index contributed by atoms with van der Waals surface area (Å²) in [6.45, 7) is 6.99. The maximum atomic E-state index is 13.5. The Hall–Kier alpha value is -0.900. The van der Waals surface area contributed by atoms with E-state index in [9.17, 15) is 17.4 Å². The Morgan fingerprint density at radius 3 is 2.44 bits per heavy atom. The maximum Gasteiger partial charge on any atom is 0.425 e. The third kappa shape index (κ3) is 3.47. The molecule has 0 spiro atoms. The lowest BCUT2D eigenvalue weighted by molar-refractivity contribution is -0.188. The van der Waals surface area contributed by atoms with E-state index in [1.807, 2.05) is 27.7 Å². The predicted molar refractivity (Wildman–Crippen MR) is 96.0 cm³/mol. The van der Waals surface area contributed by atoms with Gasteiger partial charge in [0.15, 0.2) is 10.9 Å². The fraction of sp³-hybridized carbons (Fsp3) is 0.706. The highest BCUT2D eigenvalue weighted by atomic mass is 35.5. The Morgan fingerprint density at radius 2 is 1.96 bits per heavy atom. The summed E-state index contributed by atoms with van der Waals surface area (Å²) in [6, 6.07) is 1.33. The highest BCUT2D eigenvalue weighted by molar-refractivity contribution is 7.84. The van der Waals surface area contributed by atoms with Crippen LogP contribution in [0.25, 0.3) is 0 Å². The third-order valence-corrected chi connectivity index (χ3v) is 6.68. The van der Waals surface area contributed by atoms with Gasteiger partial charge in [-0.25, -0.2) is 13.9 Å². The van der Waals surface area contributed by atoms with Crippen molar-refractivity contribution in [3.05, 3.63) is 22.5 Å². The quantitative estimate of drug-likeness (QED) is 0.571. The molecule has 3 atom stereocenters. The summed E-state index contributed by atoms with van der Waals surface area (Å²) in [6.07, 6.45) is -3.39. The SMILES string of the molecule is CCCC1(NS(=O)C(C)(C)C)COc2c1cc(C1(C(F)(F)F)CO1)nc2Cl. The van der Waals surface area contributed by atoms with Crippen molar-refractivity contribution >= 4 is 22.6 Å². The Bertz CT molecular complexity index is 778. The second-order valence-corrected chi connectivity index (χ2v) is 10.2. The number of ether oxygens (including phenoxy) is 2. The van der Waals surface area contributed by atoms with Gasteiger partial charge in [0.05, 0.1) is 33.6 Å². The molecule has 1 saturated heterocycles. The van der Waals surface area contributed by atoms with Crippen LogP contribution in [-0.2, 0) is 26.9 Å². The summed E-state index contributed by atoms with van der Waals surface area (Å²) in [7, 11) is -1.46. The van der Waals surface area contributed by atoms with Gasteiger partial charge in [0.2, 0.25) is 5.60 Å². The normalized spacial score (nSPS) is 28.6. The molecule has 2 aliphatic rings. The van der Waals surface area contributed by atoms with Crippen LogP contribution in [0.4, 0.5) is 13.2 Å². The number of epoxide rings is 1. The molecule has 0 bridgehead atoms. The first-order valence-electron chi connectivity index (χ1n) is 8.61. The number of aromatic nitrogens is 1. The largest absolute Gasteiger partial charge is 0.488 e. The van der Waals surface area contributed by atoms with Gasteiger partial charge in [-0.15, -0.1) is 0 Å². The molecule has 10 heteroatoms. The summed E-state index contributed by atoms with van der Waals surface area (Å²) >= 11 is 6.15. The van der Waals surface area contributed by atoms with Gasteiger partial charge in [0.25, 0.3) is 0 Å². The van der Waals surface area contributed by atoms with Crippen LogP contribution in [0, 0.1) is 0 Å². The molecule has 3 rings (SSSR count). The van der Waals surface area contributed by atoms with Crippen molar-refractivity contribution in [2.24, 2.45) is 0 Å². The molecule has 1 aromatic heterocycles. The minimum Gasteiger partial charge on any atom is -0.488 e. The molecular formula is C17H22ClF3N2O3S. The van der Waals surface area contributed by atoms with Gasteiger partial charge in [0, 0.05) is 5.56 Å². The fourth-order valence-electron chi connectivity index (χ4n) is 3.10. The number of pyridine rings is 1. The van der Waals surface area contributed by atoms with Crippen molar-refractivity contribution in [1.29, 1.82) is 0 Å². The molecule has 152 valence electrons. The van der Waals surface area contributed by atoms with Crippen LogP contribution in [0.3, 0.4) is 0 Å². The summed E-state index contributed by atoms with van der Waals surface area (Å²) in [5.41, 5.74) is -3.20. The zero-order chi connectivity index (χ0) is 20.3. The molecule has 1 fully saturated rings. The molecule has 5 nitrogen and oxygen atoms in total. The lowest BCUT2D eigenvalue weighted by Gasteiger charge is -2.32. The fourth-order valence-corrected chi connectivity index (χ4v) is 4.28. The second kappa shape index (κ2) is 6.57. The van der Waals surface area contributed by atoms with Gasteiger partial charge in [-0.05, 0) is 33.3 Å². The highest BCUT2D eigenvalue weighted by Gasteiger charge is 2.68. The second-order valence-electron chi connectivity index (χ2n) is 7.89. The zero-order valence-corrected chi connectivity index (χ0v) is 17.1. The van der Waals surface area contributed by atoms with Gasteiger partial charge in [-0.3, -0.25) is 0 Å². The lowest BCUT2D eigenvalue weighted by atomic mass is 9.87. The van der Waals surface area contributed by atoms with Crippen LogP contribution in [0.15, 0.2) is 6.07 Å². The standard InChI is InChI=1S/C17H22ClF3N2O3S/c1-5-6-15(23-27(24)14(2,3)4)8-25-12-10(15)7-11(22-13(12)18)16(9-26-16)17(19,20)21/h7,23H,5-6,8-9H2,1-4H3. The maximum absolute atomic E-state index is 13.5. The number of halogens is 4. The lowest BCUT2D eigenvalue weighted by Crippen LogP contribution is -2.49. The first-order chi connectivity index (χ1) is 12.4. The monoisotopic (exact) mass is 426 g/mol. The first kappa shape index (κ1) is 20.8. The molecule has 2 aliphatic heterocycles. The van der Waals surface area contributed by atoms with E-state index >= 15 is 0 Å². The van der Waals surface area contributed by atoms with Crippen molar-refractivity contribution < 1.29 is 26.9 Å². The molecule has 0 aromatic carbocycles. The van der Waals surface area contributed by atoms with Crippen LogP contribution in [0.5, 0.6) is 5.75 Å². The minimum absolute atomic E-state index is 0.114. The summed E-state index contributed by atoms with van der Waals surface area (Å²) < 4.78 is 66.1. The van der Waals surface area contributed by atoms with Gasteiger partial charge >= 0.3 is 6.18 Å². The summed E-state index contributed by atoms with van der Waals surface area (Å²) in [4.78, 5) is 3.89. The molecule has 1 N–H and O–H groups in total. The van der Waals surface area contributed by atoms with Crippen molar-refractivity contribution in [2.75, 3.05) is 13.2 Å². The Labute approximate surface area is 163 Å². The predicted octanol–water partition coefficient (Wildman–Crippen LogP) is 3.96. The summed E-state index contributed by atoms with van der Waals surface area (Å²) in [5, 5.41) is -0.150. The van der Waals surface area contributed by atoms with Crippen LogP contribution in [-0.4, -0.2) is 33.3 Å². The number of fused-ring (bicyclic) bond motifs is 1. The van der Waals surface area contributed by atoms with Gasteiger partial charge < -0.3 is 9.47 Å².